The molecule has 1 aliphatic heterocycles. The van der Waals surface area contributed by atoms with E-state index in [0.29, 0.717) is 0 Å². The zero-order chi connectivity index (χ0) is 13.0. The Morgan fingerprint density at radius 3 is 2.72 bits per heavy atom. The van der Waals surface area contributed by atoms with Crippen molar-refractivity contribution in [1.29, 1.82) is 0 Å². The predicted molar refractivity (Wildman–Crippen MR) is 81.3 cm³/mol. The van der Waals surface area contributed by atoms with E-state index in [1.165, 1.54) is 0 Å². The van der Waals surface area contributed by atoms with Crippen molar-refractivity contribution in [3.05, 3.63) is 9.26 Å². The van der Waals surface area contributed by atoms with E-state index in [9.17, 15) is 0 Å². The number of rotatable bonds is 4. The highest BCUT2D eigenvalue weighted by molar-refractivity contribution is 14.1. The fourth-order valence-electron chi connectivity index (χ4n) is 1.81. The van der Waals surface area contributed by atoms with Gasteiger partial charge in [-0.25, -0.2) is 4.98 Å². The molecular weight excluding hydrogens is 343 g/mol. The van der Waals surface area contributed by atoms with Crippen LogP contribution in [0.5, 0.6) is 0 Å². The summed E-state index contributed by atoms with van der Waals surface area (Å²) >= 11 is 2.30. The molecule has 0 amide bonds. The molecule has 18 heavy (non-hydrogen) atoms. The van der Waals surface area contributed by atoms with Crippen LogP contribution in [0.15, 0.2) is 0 Å². The normalized spacial score (nSPS) is 15.8. The second kappa shape index (κ2) is 6.51. The third kappa shape index (κ3) is 3.23. The molecule has 1 fully saturated rings. The molecular formula is C12H19IN4O. The van der Waals surface area contributed by atoms with Crippen LogP contribution in [-0.4, -0.2) is 42.8 Å². The van der Waals surface area contributed by atoms with Gasteiger partial charge in [0.2, 0.25) is 5.95 Å². The van der Waals surface area contributed by atoms with Crippen LogP contribution >= 0.6 is 22.6 Å². The van der Waals surface area contributed by atoms with Crippen LogP contribution in [0.1, 0.15) is 19.0 Å². The zero-order valence-electron chi connectivity index (χ0n) is 10.9. The maximum atomic E-state index is 5.36. The van der Waals surface area contributed by atoms with Gasteiger partial charge in [-0.2, -0.15) is 4.98 Å². The molecule has 0 atom stereocenters. The van der Waals surface area contributed by atoms with Crippen LogP contribution in [-0.2, 0) is 4.74 Å². The van der Waals surface area contributed by atoms with Gasteiger partial charge in [-0.3, -0.25) is 0 Å². The number of anilines is 2. The Morgan fingerprint density at radius 1 is 1.33 bits per heavy atom. The highest BCUT2D eigenvalue weighted by Crippen LogP contribution is 2.22. The van der Waals surface area contributed by atoms with E-state index >= 15 is 0 Å². The molecule has 1 aromatic rings. The number of nitrogens with zero attached hydrogens (tertiary/aromatic N) is 3. The van der Waals surface area contributed by atoms with Crippen LogP contribution < -0.4 is 10.2 Å². The molecule has 0 aliphatic carbocycles. The van der Waals surface area contributed by atoms with Gasteiger partial charge >= 0.3 is 0 Å². The molecule has 1 saturated heterocycles. The highest BCUT2D eigenvalue weighted by atomic mass is 127. The fourth-order valence-corrected chi connectivity index (χ4v) is 2.24. The molecule has 1 N–H and O–H groups in total. The van der Waals surface area contributed by atoms with Gasteiger partial charge in [0.25, 0.3) is 0 Å². The number of halogens is 1. The second-order valence-corrected chi connectivity index (χ2v) is 5.38. The summed E-state index contributed by atoms with van der Waals surface area (Å²) in [5.41, 5.74) is 1.03. The largest absolute Gasteiger partial charge is 0.378 e. The first-order chi connectivity index (χ1) is 8.72. The van der Waals surface area contributed by atoms with Crippen molar-refractivity contribution in [2.45, 2.75) is 20.3 Å². The molecule has 0 aromatic carbocycles. The molecule has 0 saturated carbocycles. The molecule has 2 heterocycles. The molecule has 0 radical (unpaired) electrons. The van der Waals surface area contributed by atoms with E-state index in [2.05, 4.69) is 49.7 Å². The highest BCUT2D eigenvalue weighted by Gasteiger charge is 2.16. The van der Waals surface area contributed by atoms with Gasteiger partial charge in [0.15, 0.2) is 0 Å². The monoisotopic (exact) mass is 362 g/mol. The molecule has 6 heteroatoms. The summed E-state index contributed by atoms with van der Waals surface area (Å²) in [6.45, 7) is 8.37. The topological polar surface area (TPSA) is 50.3 Å². The van der Waals surface area contributed by atoms with Crippen molar-refractivity contribution < 1.29 is 4.74 Å². The molecule has 0 spiro atoms. The average molecular weight is 362 g/mol. The number of aromatic nitrogens is 2. The smallest absolute Gasteiger partial charge is 0.227 e. The molecule has 1 aromatic heterocycles. The Bertz CT molecular complexity index is 407. The van der Waals surface area contributed by atoms with E-state index in [-0.39, 0.29) is 0 Å². The number of morpholine rings is 1. The van der Waals surface area contributed by atoms with Gasteiger partial charge in [0.05, 0.1) is 22.5 Å². The minimum absolute atomic E-state index is 0.756. The Hall–Kier alpha value is -0.630. The van der Waals surface area contributed by atoms with Crippen molar-refractivity contribution in [1.82, 2.24) is 9.97 Å². The average Bonchev–Trinajstić information content (AvgIpc) is 2.41. The molecule has 100 valence electrons. The third-order valence-electron chi connectivity index (χ3n) is 2.84. The summed E-state index contributed by atoms with van der Waals surface area (Å²) in [5.74, 6) is 1.77. The van der Waals surface area contributed by atoms with Crippen LogP contribution in [0.3, 0.4) is 0 Å². The van der Waals surface area contributed by atoms with Crippen LogP contribution in [0.2, 0.25) is 0 Å². The van der Waals surface area contributed by atoms with Gasteiger partial charge in [-0.05, 0) is 35.9 Å². The molecule has 0 bridgehead atoms. The number of hydrogen-bond donors (Lipinski definition) is 1. The van der Waals surface area contributed by atoms with Crippen molar-refractivity contribution in [3.63, 3.8) is 0 Å². The van der Waals surface area contributed by atoms with Crippen molar-refractivity contribution in [2.24, 2.45) is 0 Å². The van der Waals surface area contributed by atoms with E-state index in [0.717, 1.165) is 60.3 Å². The van der Waals surface area contributed by atoms with E-state index in [4.69, 9.17) is 4.74 Å². The van der Waals surface area contributed by atoms with E-state index in [1.807, 2.05) is 6.92 Å². The van der Waals surface area contributed by atoms with Gasteiger partial charge in [-0.1, -0.05) is 6.92 Å². The first kappa shape index (κ1) is 13.8. The Labute approximate surface area is 121 Å². The van der Waals surface area contributed by atoms with Gasteiger partial charge < -0.3 is 15.0 Å². The van der Waals surface area contributed by atoms with Crippen molar-refractivity contribution in [2.75, 3.05) is 43.1 Å². The Balaban J connectivity index is 2.22. The van der Waals surface area contributed by atoms with E-state index < -0.39 is 0 Å². The quantitative estimate of drug-likeness (QED) is 0.831. The second-order valence-electron chi connectivity index (χ2n) is 4.30. The SMILES string of the molecule is CCCNc1nc(N2CCOCC2)nc(C)c1I. The third-order valence-corrected chi connectivity index (χ3v) is 4.13. The van der Waals surface area contributed by atoms with Gasteiger partial charge in [0.1, 0.15) is 5.82 Å². The maximum Gasteiger partial charge on any atom is 0.227 e. The number of hydrogen-bond acceptors (Lipinski definition) is 5. The molecule has 2 rings (SSSR count). The minimum atomic E-state index is 0.756. The van der Waals surface area contributed by atoms with Crippen molar-refractivity contribution >= 4 is 34.4 Å². The first-order valence-corrected chi connectivity index (χ1v) is 7.41. The van der Waals surface area contributed by atoms with Crippen LogP contribution in [0.25, 0.3) is 0 Å². The summed E-state index contributed by atoms with van der Waals surface area (Å²) in [7, 11) is 0. The number of ether oxygens (including phenoxy) is 1. The summed E-state index contributed by atoms with van der Waals surface area (Å²) in [6, 6.07) is 0. The van der Waals surface area contributed by atoms with Gasteiger partial charge in [-0.15, -0.1) is 0 Å². The fraction of sp³-hybridized carbons (Fsp3) is 0.667. The maximum absolute atomic E-state index is 5.36. The summed E-state index contributed by atoms with van der Waals surface area (Å²) in [5, 5.41) is 3.37. The zero-order valence-corrected chi connectivity index (χ0v) is 13.0. The summed E-state index contributed by atoms with van der Waals surface area (Å²) in [4.78, 5) is 11.4. The number of nitrogens with one attached hydrogen (secondary N) is 1. The minimum Gasteiger partial charge on any atom is -0.378 e. The van der Waals surface area contributed by atoms with Crippen LogP contribution in [0.4, 0.5) is 11.8 Å². The van der Waals surface area contributed by atoms with Crippen LogP contribution in [0, 0.1) is 10.5 Å². The predicted octanol–water partition coefficient (Wildman–Crippen LogP) is 2.05. The molecule has 1 aliphatic rings. The van der Waals surface area contributed by atoms with Gasteiger partial charge in [0, 0.05) is 19.6 Å². The lowest BCUT2D eigenvalue weighted by molar-refractivity contribution is 0.122. The Morgan fingerprint density at radius 2 is 2.06 bits per heavy atom. The molecule has 5 nitrogen and oxygen atoms in total. The number of aryl methyl sites for hydroxylation is 1. The summed E-state index contributed by atoms with van der Waals surface area (Å²) in [6.07, 6.45) is 1.09. The molecule has 0 unspecified atom stereocenters. The van der Waals surface area contributed by atoms with E-state index in [1.54, 1.807) is 0 Å². The van der Waals surface area contributed by atoms with Crippen molar-refractivity contribution in [3.8, 4) is 0 Å². The lowest BCUT2D eigenvalue weighted by Crippen LogP contribution is -2.37. The summed E-state index contributed by atoms with van der Waals surface area (Å²) < 4.78 is 6.47. The lowest BCUT2D eigenvalue weighted by Gasteiger charge is -2.27. The Kier molecular flexibility index (Phi) is 4.99. The lowest BCUT2D eigenvalue weighted by atomic mass is 10.4. The first-order valence-electron chi connectivity index (χ1n) is 6.33. The standard InChI is InChI=1S/C12H19IN4O/c1-3-4-14-11-10(13)9(2)15-12(16-11)17-5-7-18-8-6-17/h3-8H2,1-2H3,(H,14,15,16).